The molecule has 0 spiro atoms. The largest absolute Gasteiger partial charge is 0.337 e. The Morgan fingerprint density at radius 1 is 1.42 bits per heavy atom. The molecule has 3 aliphatic rings. The predicted octanol–water partition coefficient (Wildman–Crippen LogP) is 1.16. The van der Waals surface area contributed by atoms with Crippen LogP contribution in [0.3, 0.4) is 0 Å². The summed E-state index contributed by atoms with van der Waals surface area (Å²) in [4.78, 5) is 22.2. The zero-order valence-corrected chi connectivity index (χ0v) is 14.8. The van der Waals surface area contributed by atoms with Crippen molar-refractivity contribution in [2.75, 3.05) is 26.2 Å². The van der Waals surface area contributed by atoms with Crippen molar-refractivity contribution >= 4 is 5.91 Å². The molecule has 2 atom stereocenters. The lowest BCUT2D eigenvalue weighted by atomic mass is 10.1. The number of hydrogen-bond donors (Lipinski definition) is 1. The van der Waals surface area contributed by atoms with Gasteiger partial charge >= 0.3 is 0 Å². The summed E-state index contributed by atoms with van der Waals surface area (Å²) in [5.41, 5.74) is 0. The second-order valence-electron chi connectivity index (χ2n) is 7.70. The quantitative estimate of drug-likeness (QED) is 0.850. The van der Waals surface area contributed by atoms with Crippen molar-refractivity contribution in [1.29, 1.82) is 0 Å². The Balaban J connectivity index is 1.47. The van der Waals surface area contributed by atoms with E-state index in [2.05, 4.69) is 31.6 Å². The molecular formula is C18H29N5O. The molecule has 4 rings (SSSR count). The van der Waals surface area contributed by atoms with Crippen LogP contribution in [-0.4, -0.2) is 63.5 Å². The van der Waals surface area contributed by atoms with Gasteiger partial charge in [0.25, 0.3) is 0 Å². The molecular weight excluding hydrogens is 302 g/mol. The van der Waals surface area contributed by atoms with Gasteiger partial charge in [-0.25, -0.2) is 4.98 Å². The number of aryl methyl sites for hydroxylation is 1. The Labute approximate surface area is 144 Å². The Morgan fingerprint density at radius 2 is 2.21 bits per heavy atom. The molecule has 1 aliphatic heterocycles. The number of piperazine rings is 1. The van der Waals surface area contributed by atoms with Crippen LogP contribution in [0.25, 0.3) is 0 Å². The third-order valence-corrected chi connectivity index (χ3v) is 5.82. The lowest BCUT2D eigenvalue weighted by molar-refractivity contribution is -0.136. The first-order chi connectivity index (χ1) is 11.6. The number of amides is 1. The molecule has 2 heterocycles. The number of nitrogens with one attached hydrogen (secondary N) is 1. The summed E-state index contributed by atoms with van der Waals surface area (Å²) in [5.74, 6) is 2.10. The smallest absolute Gasteiger partial charge is 0.237 e. The summed E-state index contributed by atoms with van der Waals surface area (Å²) >= 11 is 0. The standard InChI is InChI=1S/C18H29N5O/c1-13(14-3-4-14)23(15-5-6-15)17(24)12-22-10-7-19-11-16(22)18-20-8-9-21(18)2/h8-9,13-16,19H,3-7,10-12H2,1-2H3. The van der Waals surface area contributed by atoms with Crippen molar-refractivity contribution in [2.24, 2.45) is 13.0 Å². The summed E-state index contributed by atoms with van der Waals surface area (Å²) < 4.78 is 2.07. The van der Waals surface area contributed by atoms with E-state index in [-0.39, 0.29) is 6.04 Å². The Kier molecular flexibility index (Phi) is 4.35. The van der Waals surface area contributed by atoms with Gasteiger partial charge < -0.3 is 14.8 Å². The first kappa shape index (κ1) is 16.1. The predicted molar refractivity (Wildman–Crippen MR) is 92.4 cm³/mol. The van der Waals surface area contributed by atoms with Gasteiger partial charge in [0.05, 0.1) is 12.6 Å². The molecule has 0 bridgehead atoms. The van der Waals surface area contributed by atoms with Gasteiger partial charge in [0.1, 0.15) is 5.82 Å². The summed E-state index contributed by atoms with van der Waals surface area (Å²) in [6, 6.07) is 1.10. The van der Waals surface area contributed by atoms with Crippen molar-refractivity contribution in [3.05, 3.63) is 18.2 Å². The Morgan fingerprint density at radius 3 is 2.83 bits per heavy atom. The lowest BCUT2D eigenvalue weighted by Crippen LogP contribution is -2.52. The molecule has 1 aromatic rings. The maximum absolute atomic E-state index is 13.1. The van der Waals surface area contributed by atoms with Gasteiger partial charge in [-0.2, -0.15) is 0 Å². The van der Waals surface area contributed by atoms with Gasteiger partial charge in [0.15, 0.2) is 0 Å². The number of hydrogen-bond acceptors (Lipinski definition) is 4. The van der Waals surface area contributed by atoms with E-state index in [1.807, 2.05) is 19.4 Å². The van der Waals surface area contributed by atoms with Gasteiger partial charge in [0.2, 0.25) is 5.91 Å². The van der Waals surface area contributed by atoms with Crippen molar-refractivity contribution in [1.82, 2.24) is 24.7 Å². The molecule has 0 radical (unpaired) electrons. The van der Waals surface area contributed by atoms with Crippen LogP contribution in [0.1, 0.15) is 44.5 Å². The van der Waals surface area contributed by atoms with Crippen molar-refractivity contribution in [2.45, 2.75) is 50.7 Å². The van der Waals surface area contributed by atoms with Crippen LogP contribution in [0, 0.1) is 5.92 Å². The van der Waals surface area contributed by atoms with E-state index in [0.29, 0.717) is 24.5 Å². The van der Waals surface area contributed by atoms with E-state index < -0.39 is 0 Å². The fourth-order valence-corrected chi connectivity index (χ4v) is 4.07. The third-order valence-electron chi connectivity index (χ3n) is 5.82. The SMILES string of the molecule is CC(C1CC1)N(C(=O)CN1CCNCC1c1nccn1C)C1CC1. The second-order valence-corrected chi connectivity index (χ2v) is 7.70. The highest BCUT2D eigenvalue weighted by Crippen LogP contribution is 2.40. The van der Waals surface area contributed by atoms with Crippen LogP contribution in [0.15, 0.2) is 12.4 Å². The van der Waals surface area contributed by atoms with E-state index in [9.17, 15) is 4.79 Å². The molecule has 24 heavy (non-hydrogen) atoms. The van der Waals surface area contributed by atoms with E-state index in [4.69, 9.17) is 0 Å². The maximum atomic E-state index is 13.1. The second kappa shape index (κ2) is 6.48. The van der Waals surface area contributed by atoms with Gasteiger partial charge in [-0.15, -0.1) is 0 Å². The van der Waals surface area contributed by atoms with Crippen molar-refractivity contribution in [3.8, 4) is 0 Å². The molecule has 1 aromatic heterocycles. The number of carbonyl (C=O) groups is 1. The molecule has 1 saturated heterocycles. The van der Waals surface area contributed by atoms with E-state index in [1.165, 1.54) is 25.7 Å². The minimum atomic E-state index is 0.181. The van der Waals surface area contributed by atoms with Gasteiger partial charge in [-0.05, 0) is 38.5 Å². The topological polar surface area (TPSA) is 53.4 Å². The summed E-state index contributed by atoms with van der Waals surface area (Å²) in [6.07, 6.45) is 8.79. The highest BCUT2D eigenvalue weighted by atomic mass is 16.2. The highest BCUT2D eigenvalue weighted by Gasteiger charge is 2.42. The average molecular weight is 331 g/mol. The minimum absolute atomic E-state index is 0.181. The van der Waals surface area contributed by atoms with Gasteiger partial charge in [0, 0.05) is 51.2 Å². The molecule has 2 saturated carbocycles. The fourth-order valence-electron chi connectivity index (χ4n) is 4.07. The molecule has 2 unspecified atom stereocenters. The number of imidazole rings is 1. The molecule has 3 fully saturated rings. The normalized spacial score (nSPS) is 26.3. The fraction of sp³-hybridized carbons (Fsp3) is 0.778. The first-order valence-corrected chi connectivity index (χ1v) is 9.38. The van der Waals surface area contributed by atoms with Crippen LogP contribution in [0.2, 0.25) is 0 Å². The molecule has 6 heteroatoms. The lowest BCUT2D eigenvalue weighted by Gasteiger charge is -2.38. The first-order valence-electron chi connectivity index (χ1n) is 9.38. The molecule has 2 aliphatic carbocycles. The molecule has 132 valence electrons. The van der Waals surface area contributed by atoms with Crippen LogP contribution in [-0.2, 0) is 11.8 Å². The number of carbonyl (C=O) groups excluding carboxylic acids is 1. The number of aromatic nitrogens is 2. The zero-order chi connectivity index (χ0) is 16.7. The van der Waals surface area contributed by atoms with Crippen LogP contribution in [0.5, 0.6) is 0 Å². The van der Waals surface area contributed by atoms with E-state index >= 15 is 0 Å². The van der Waals surface area contributed by atoms with Crippen LogP contribution < -0.4 is 5.32 Å². The third kappa shape index (κ3) is 3.22. The molecule has 0 aromatic carbocycles. The van der Waals surface area contributed by atoms with E-state index in [0.717, 1.165) is 31.4 Å². The number of nitrogens with zero attached hydrogens (tertiary/aromatic N) is 4. The maximum Gasteiger partial charge on any atom is 0.237 e. The zero-order valence-electron chi connectivity index (χ0n) is 14.8. The van der Waals surface area contributed by atoms with E-state index in [1.54, 1.807) is 0 Å². The van der Waals surface area contributed by atoms with Crippen molar-refractivity contribution < 1.29 is 4.79 Å². The van der Waals surface area contributed by atoms with Gasteiger partial charge in [-0.1, -0.05) is 0 Å². The Bertz CT molecular complexity index is 592. The van der Waals surface area contributed by atoms with Crippen LogP contribution in [0.4, 0.5) is 0 Å². The van der Waals surface area contributed by atoms with Crippen LogP contribution >= 0.6 is 0 Å². The summed E-state index contributed by atoms with van der Waals surface area (Å²) in [7, 11) is 2.03. The average Bonchev–Trinajstić information content (AvgIpc) is 3.47. The summed E-state index contributed by atoms with van der Waals surface area (Å²) in [6.45, 7) is 5.48. The number of rotatable bonds is 6. The van der Waals surface area contributed by atoms with Gasteiger partial charge in [-0.3, -0.25) is 9.69 Å². The Hall–Kier alpha value is -1.40. The molecule has 6 nitrogen and oxygen atoms in total. The highest BCUT2D eigenvalue weighted by molar-refractivity contribution is 5.79. The minimum Gasteiger partial charge on any atom is -0.337 e. The van der Waals surface area contributed by atoms with Crippen molar-refractivity contribution in [3.63, 3.8) is 0 Å². The molecule has 1 amide bonds. The monoisotopic (exact) mass is 331 g/mol. The summed E-state index contributed by atoms with van der Waals surface area (Å²) in [5, 5.41) is 3.45. The molecule has 1 N–H and O–H groups in total.